The van der Waals surface area contributed by atoms with Crippen molar-refractivity contribution in [2.24, 2.45) is 0 Å². The molecule has 0 amide bonds. The monoisotopic (exact) mass is 359 g/mol. The molecule has 1 aliphatic rings. The second kappa shape index (κ2) is 7.95. The van der Waals surface area contributed by atoms with E-state index in [2.05, 4.69) is 61.6 Å². The number of rotatable bonds is 5. The van der Waals surface area contributed by atoms with Gasteiger partial charge in [-0.15, -0.1) is 11.8 Å². The number of thioether (sulfide) groups is 1. The molecule has 0 bridgehead atoms. The second-order valence-corrected chi connectivity index (χ2v) is 8.15. The molecule has 3 heteroatoms. The van der Waals surface area contributed by atoms with Crippen LogP contribution in [0.3, 0.4) is 0 Å². The summed E-state index contributed by atoms with van der Waals surface area (Å²) in [5.74, 6) is 1.11. The maximum Gasteiger partial charge on any atom is 0.0592 e. The van der Waals surface area contributed by atoms with Crippen molar-refractivity contribution in [2.75, 3.05) is 5.75 Å². The van der Waals surface area contributed by atoms with Gasteiger partial charge in [-0.1, -0.05) is 68.6 Å². The second-order valence-electron chi connectivity index (χ2n) is 6.70. The van der Waals surface area contributed by atoms with E-state index in [-0.39, 0.29) is 11.6 Å². The van der Waals surface area contributed by atoms with Crippen LogP contribution in [0, 0.1) is 0 Å². The zero-order valence-electron chi connectivity index (χ0n) is 14.5. The Labute approximate surface area is 155 Å². The first-order chi connectivity index (χ1) is 11.7. The van der Waals surface area contributed by atoms with Gasteiger partial charge in [0, 0.05) is 21.2 Å². The average Bonchev–Trinajstić information content (AvgIpc) is 2.78. The fraction of sp³-hybridized carbons (Fsp3) is 0.429. The van der Waals surface area contributed by atoms with E-state index in [1.54, 1.807) is 0 Å². The number of unbranched alkanes of at least 4 members (excludes halogenated alkanes) is 1. The molecule has 1 N–H and O–H groups in total. The molecule has 1 aliphatic heterocycles. The first-order valence-corrected chi connectivity index (χ1v) is 10.3. The molecule has 2 atom stereocenters. The van der Waals surface area contributed by atoms with Crippen LogP contribution in [0.25, 0.3) is 0 Å². The molecular formula is C21H26ClNS. The molecular weight excluding hydrogens is 334 g/mol. The van der Waals surface area contributed by atoms with Crippen LogP contribution in [0.5, 0.6) is 0 Å². The van der Waals surface area contributed by atoms with Crippen molar-refractivity contribution in [1.82, 2.24) is 5.32 Å². The first kappa shape index (κ1) is 17.8. The summed E-state index contributed by atoms with van der Waals surface area (Å²) in [6, 6.07) is 17.3. The summed E-state index contributed by atoms with van der Waals surface area (Å²) in [4.78, 5) is 1.35. The average molecular weight is 360 g/mol. The molecule has 24 heavy (non-hydrogen) atoms. The maximum atomic E-state index is 6.33. The lowest BCUT2D eigenvalue weighted by molar-refractivity contribution is 0.298. The van der Waals surface area contributed by atoms with Crippen molar-refractivity contribution in [1.29, 1.82) is 0 Å². The number of halogens is 1. The van der Waals surface area contributed by atoms with Gasteiger partial charge in [0.25, 0.3) is 0 Å². The number of hydrogen-bond acceptors (Lipinski definition) is 2. The third-order valence-corrected chi connectivity index (χ3v) is 6.67. The molecule has 0 unspecified atom stereocenters. The summed E-state index contributed by atoms with van der Waals surface area (Å²) >= 11 is 8.31. The summed E-state index contributed by atoms with van der Waals surface area (Å²) in [5, 5.41) is 4.85. The first-order valence-electron chi connectivity index (χ1n) is 8.92. The minimum Gasteiger partial charge on any atom is -0.300 e. The number of fused-ring (bicyclic) bond motifs is 1. The quantitative estimate of drug-likeness (QED) is 0.657. The molecule has 2 aromatic carbocycles. The van der Waals surface area contributed by atoms with Gasteiger partial charge < -0.3 is 0 Å². The van der Waals surface area contributed by atoms with Gasteiger partial charge >= 0.3 is 0 Å². The van der Waals surface area contributed by atoms with E-state index >= 15 is 0 Å². The third-order valence-electron chi connectivity index (χ3n) is 5.06. The summed E-state index contributed by atoms with van der Waals surface area (Å²) in [7, 11) is 0. The molecule has 0 spiro atoms. The molecule has 2 aromatic rings. The Bertz CT molecular complexity index is 673. The third kappa shape index (κ3) is 3.82. The molecule has 128 valence electrons. The number of benzene rings is 2. The predicted molar refractivity (Wildman–Crippen MR) is 106 cm³/mol. The highest BCUT2D eigenvalue weighted by Crippen LogP contribution is 2.41. The highest BCUT2D eigenvalue weighted by molar-refractivity contribution is 7.99. The van der Waals surface area contributed by atoms with Crippen molar-refractivity contribution < 1.29 is 0 Å². The summed E-state index contributed by atoms with van der Waals surface area (Å²) in [6.45, 7) is 4.59. The van der Waals surface area contributed by atoms with Gasteiger partial charge in [-0.25, -0.2) is 0 Å². The standard InChI is InChI=1S/C21H26ClNS/c1-3-5-13-21(4-2)15-24-19-12-11-17(22)14-18(19)20(23-21)16-9-7-6-8-10-16/h6-12,14,20,23H,3-5,13,15H2,1-2H3/t20-,21-/m1/s1. The van der Waals surface area contributed by atoms with Crippen LogP contribution in [0.15, 0.2) is 53.4 Å². The Morgan fingerprint density at radius 3 is 2.67 bits per heavy atom. The van der Waals surface area contributed by atoms with E-state index in [0.717, 1.165) is 17.2 Å². The fourth-order valence-corrected chi connectivity index (χ4v) is 5.02. The van der Waals surface area contributed by atoms with Crippen LogP contribution in [0.1, 0.15) is 56.7 Å². The molecule has 0 aliphatic carbocycles. The van der Waals surface area contributed by atoms with Crippen LogP contribution in [0.2, 0.25) is 5.02 Å². The van der Waals surface area contributed by atoms with Gasteiger partial charge in [-0.05, 0) is 42.2 Å². The minimum absolute atomic E-state index is 0.173. The largest absolute Gasteiger partial charge is 0.300 e. The molecule has 1 heterocycles. The lowest BCUT2D eigenvalue weighted by atomic mass is 9.88. The van der Waals surface area contributed by atoms with Crippen molar-refractivity contribution in [3.63, 3.8) is 0 Å². The van der Waals surface area contributed by atoms with Gasteiger partial charge in [0.1, 0.15) is 0 Å². The molecule has 0 saturated carbocycles. The summed E-state index contributed by atoms with van der Waals surface area (Å²) in [5.41, 5.74) is 2.80. The SMILES string of the molecule is CCCC[C@]1(CC)CSc2ccc(Cl)cc2[C@@H](c2ccccc2)N1. The van der Waals surface area contributed by atoms with Crippen molar-refractivity contribution in [3.05, 3.63) is 64.7 Å². The number of hydrogen-bond donors (Lipinski definition) is 1. The van der Waals surface area contributed by atoms with E-state index < -0.39 is 0 Å². The van der Waals surface area contributed by atoms with Crippen molar-refractivity contribution in [3.8, 4) is 0 Å². The van der Waals surface area contributed by atoms with Gasteiger partial charge in [-0.2, -0.15) is 0 Å². The zero-order valence-corrected chi connectivity index (χ0v) is 16.1. The molecule has 0 fully saturated rings. The number of nitrogens with one attached hydrogen (secondary N) is 1. The van der Waals surface area contributed by atoms with Crippen molar-refractivity contribution in [2.45, 2.75) is 56.0 Å². The van der Waals surface area contributed by atoms with Gasteiger partial charge in [0.2, 0.25) is 0 Å². The topological polar surface area (TPSA) is 12.0 Å². The fourth-order valence-electron chi connectivity index (χ4n) is 3.47. The van der Waals surface area contributed by atoms with Gasteiger partial charge in [0.05, 0.1) is 6.04 Å². The Kier molecular flexibility index (Phi) is 5.91. The predicted octanol–water partition coefficient (Wildman–Crippen LogP) is 6.46. The summed E-state index contributed by atoms with van der Waals surface area (Å²) < 4.78 is 0. The Hall–Kier alpha value is -0.960. The molecule has 1 nitrogen and oxygen atoms in total. The summed E-state index contributed by atoms with van der Waals surface area (Å²) in [6.07, 6.45) is 4.87. The van der Waals surface area contributed by atoms with E-state index in [1.165, 1.54) is 35.3 Å². The maximum absolute atomic E-state index is 6.33. The van der Waals surface area contributed by atoms with E-state index in [4.69, 9.17) is 11.6 Å². The minimum atomic E-state index is 0.173. The lowest BCUT2D eigenvalue weighted by Crippen LogP contribution is -2.48. The van der Waals surface area contributed by atoms with E-state index in [0.29, 0.717) is 0 Å². The zero-order chi connectivity index (χ0) is 17.0. The van der Waals surface area contributed by atoms with Crippen LogP contribution in [-0.2, 0) is 0 Å². The van der Waals surface area contributed by atoms with E-state index in [9.17, 15) is 0 Å². The van der Waals surface area contributed by atoms with Crippen molar-refractivity contribution >= 4 is 23.4 Å². The van der Waals surface area contributed by atoms with Crippen LogP contribution >= 0.6 is 23.4 Å². The normalized spacial score (nSPS) is 23.5. The van der Waals surface area contributed by atoms with Crippen LogP contribution in [0.4, 0.5) is 0 Å². The van der Waals surface area contributed by atoms with E-state index in [1.807, 2.05) is 17.8 Å². The molecule has 3 rings (SSSR count). The highest BCUT2D eigenvalue weighted by atomic mass is 35.5. The van der Waals surface area contributed by atoms with Gasteiger partial charge in [-0.3, -0.25) is 5.32 Å². The Morgan fingerprint density at radius 2 is 1.96 bits per heavy atom. The van der Waals surface area contributed by atoms with Gasteiger partial charge in [0.15, 0.2) is 0 Å². The molecule has 0 saturated heterocycles. The smallest absolute Gasteiger partial charge is 0.0592 e. The molecule has 0 aromatic heterocycles. The Balaban J connectivity index is 2.04. The van der Waals surface area contributed by atoms with Crippen LogP contribution in [-0.4, -0.2) is 11.3 Å². The lowest BCUT2D eigenvalue weighted by Gasteiger charge is -2.36. The Morgan fingerprint density at radius 1 is 1.17 bits per heavy atom. The molecule has 0 radical (unpaired) electrons. The highest BCUT2D eigenvalue weighted by Gasteiger charge is 2.35. The van der Waals surface area contributed by atoms with Crippen LogP contribution < -0.4 is 5.32 Å².